The SMILES string of the molecule is C=C(C)SC1=C(C)C(CNC)CCC1. The third kappa shape index (κ3) is 3.18. The first kappa shape index (κ1) is 11.9. The molecule has 0 aromatic heterocycles. The Morgan fingerprint density at radius 3 is 2.93 bits per heavy atom. The van der Waals surface area contributed by atoms with Crippen LogP contribution in [0.5, 0.6) is 0 Å². The minimum atomic E-state index is 0.746. The van der Waals surface area contributed by atoms with E-state index in [4.69, 9.17) is 0 Å². The number of hydrogen-bond donors (Lipinski definition) is 1. The molecule has 1 rings (SSSR count). The summed E-state index contributed by atoms with van der Waals surface area (Å²) < 4.78 is 0. The zero-order valence-electron chi connectivity index (χ0n) is 9.52. The van der Waals surface area contributed by atoms with Crippen molar-refractivity contribution in [2.75, 3.05) is 13.6 Å². The normalized spacial score (nSPS) is 22.6. The molecule has 1 aliphatic carbocycles. The summed E-state index contributed by atoms with van der Waals surface area (Å²) in [6, 6.07) is 0. The minimum Gasteiger partial charge on any atom is -0.319 e. The van der Waals surface area contributed by atoms with Gasteiger partial charge in [0.15, 0.2) is 0 Å². The van der Waals surface area contributed by atoms with Crippen molar-refractivity contribution >= 4 is 11.8 Å². The number of allylic oxidation sites excluding steroid dienone is 2. The lowest BCUT2D eigenvalue weighted by molar-refractivity contribution is 0.486. The average molecular weight is 211 g/mol. The van der Waals surface area contributed by atoms with Crippen LogP contribution in [0, 0.1) is 5.92 Å². The second kappa shape index (κ2) is 5.62. The summed E-state index contributed by atoms with van der Waals surface area (Å²) in [4.78, 5) is 2.77. The van der Waals surface area contributed by atoms with Crippen LogP contribution < -0.4 is 5.32 Å². The molecular weight excluding hydrogens is 190 g/mol. The van der Waals surface area contributed by atoms with E-state index in [9.17, 15) is 0 Å². The lowest BCUT2D eigenvalue weighted by atomic mass is 9.88. The highest BCUT2D eigenvalue weighted by Gasteiger charge is 2.19. The summed E-state index contributed by atoms with van der Waals surface area (Å²) in [6.45, 7) is 9.46. The minimum absolute atomic E-state index is 0.746. The Morgan fingerprint density at radius 1 is 1.64 bits per heavy atom. The van der Waals surface area contributed by atoms with Gasteiger partial charge in [-0.2, -0.15) is 0 Å². The van der Waals surface area contributed by atoms with Crippen LogP contribution in [0.2, 0.25) is 0 Å². The Balaban J connectivity index is 2.69. The fraction of sp³-hybridized carbons (Fsp3) is 0.667. The lowest BCUT2D eigenvalue weighted by Gasteiger charge is -2.26. The van der Waals surface area contributed by atoms with Crippen LogP contribution in [0.1, 0.15) is 33.1 Å². The average Bonchev–Trinajstić information content (AvgIpc) is 2.11. The Hall–Kier alpha value is -0.210. The van der Waals surface area contributed by atoms with Crippen LogP contribution in [-0.4, -0.2) is 13.6 Å². The molecule has 1 atom stereocenters. The molecule has 0 heterocycles. The molecule has 0 aromatic rings. The van der Waals surface area contributed by atoms with Gasteiger partial charge >= 0.3 is 0 Å². The van der Waals surface area contributed by atoms with Gasteiger partial charge < -0.3 is 5.32 Å². The third-order valence-corrected chi connectivity index (χ3v) is 3.88. The summed E-state index contributed by atoms with van der Waals surface area (Å²) >= 11 is 1.87. The predicted octanol–water partition coefficient (Wildman–Crippen LogP) is 3.55. The van der Waals surface area contributed by atoms with Crippen molar-refractivity contribution in [3.8, 4) is 0 Å². The molecule has 0 aliphatic heterocycles. The maximum atomic E-state index is 3.97. The summed E-state index contributed by atoms with van der Waals surface area (Å²) in [7, 11) is 2.04. The van der Waals surface area contributed by atoms with Gasteiger partial charge in [0, 0.05) is 6.54 Å². The number of hydrogen-bond acceptors (Lipinski definition) is 2. The molecule has 1 N–H and O–H groups in total. The number of rotatable bonds is 4. The zero-order chi connectivity index (χ0) is 10.6. The molecule has 0 fully saturated rings. The van der Waals surface area contributed by atoms with Crippen LogP contribution in [-0.2, 0) is 0 Å². The molecule has 0 amide bonds. The van der Waals surface area contributed by atoms with Gasteiger partial charge in [-0.25, -0.2) is 0 Å². The molecular formula is C12H21NS. The van der Waals surface area contributed by atoms with E-state index < -0.39 is 0 Å². The summed E-state index contributed by atoms with van der Waals surface area (Å²) in [6.07, 6.45) is 3.93. The highest BCUT2D eigenvalue weighted by molar-refractivity contribution is 8.06. The van der Waals surface area contributed by atoms with E-state index in [1.807, 2.05) is 18.8 Å². The molecule has 0 saturated heterocycles. The van der Waals surface area contributed by atoms with E-state index in [-0.39, 0.29) is 0 Å². The fourth-order valence-electron chi connectivity index (χ4n) is 1.99. The van der Waals surface area contributed by atoms with E-state index in [0.717, 1.165) is 12.5 Å². The van der Waals surface area contributed by atoms with Gasteiger partial charge in [0.2, 0.25) is 0 Å². The van der Waals surface area contributed by atoms with E-state index in [1.54, 1.807) is 10.5 Å². The van der Waals surface area contributed by atoms with E-state index in [2.05, 4.69) is 25.7 Å². The molecule has 0 bridgehead atoms. The van der Waals surface area contributed by atoms with Crippen molar-refractivity contribution in [1.82, 2.24) is 5.32 Å². The Kier molecular flexibility index (Phi) is 4.76. The highest BCUT2D eigenvalue weighted by atomic mass is 32.2. The molecule has 80 valence electrons. The van der Waals surface area contributed by atoms with Crippen LogP contribution in [0.15, 0.2) is 22.0 Å². The van der Waals surface area contributed by atoms with Crippen LogP contribution in [0.3, 0.4) is 0 Å². The molecule has 14 heavy (non-hydrogen) atoms. The van der Waals surface area contributed by atoms with Crippen molar-refractivity contribution < 1.29 is 0 Å². The van der Waals surface area contributed by atoms with E-state index in [1.165, 1.54) is 24.2 Å². The van der Waals surface area contributed by atoms with Crippen LogP contribution in [0.25, 0.3) is 0 Å². The second-order valence-corrected chi connectivity index (χ2v) is 5.45. The summed E-state index contributed by atoms with van der Waals surface area (Å²) in [5.41, 5.74) is 1.58. The van der Waals surface area contributed by atoms with Crippen LogP contribution >= 0.6 is 11.8 Å². The monoisotopic (exact) mass is 211 g/mol. The molecule has 0 aromatic carbocycles. The second-order valence-electron chi connectivity index (χ2n) is 4.06. The fourth-order valence-corrected chi connectivity index (χ4v) is 2.99. The zero-order valence-corrected chi connectivity index (χ0v) is 10.3. The van der Waals surface area contributed by atoms with Gasteiger partial charge in [-0.15, -0.1) is 0 Å². The van der Waals surface area contributed by atoms with Crippen molar-refractivity contribution in [3.05, 3.63) is 22.0 Å². The lowest BCUT2D eigenvalue weighted by Crippen LogP contribution is -2.22. The van der Waals surface area contributed by atoms with Gasteiger partial charge in [-0.05, 0) is 55.9 Å². The standard InChI is InChI=1S/C12H21NS/c1-9(2)14-12-7-5-6-11(8-13-4)10(12)3/h11,13H,1,5-8H2,2-4H3. The van der Waals surface area contributed by atoms with Gasteiger partial charge in [0.1, 0.15) is 0 Å². The first-order valence-electron chi connectivity index (χ1n) is 5.32. The van der Waals surface area contributed by atoms with Crippen molar-refractivity contribution in [2.24, 2.45) is 5.92 Å². The van der Waals surface area contributed by atoms with Gasteiger partial charge in [0.25, 0.3) is 0 Å². The van der Waals surface area contributed by atoms with Crippen LogP contribution in [0.4, 0.5) is 0 Å². The van der Waals surface area contributed by atoms with Gasteiger partial charge in [-0.3, -0.25) is 0 Å². The molecule has 1 nitrogen and oxygen atoms in total. The van der Waals surface area contributed by atoms with E-state index in [0.29, 0.717) is 0 Å². The predicted molar refractivity (Wildman–Crippen MR) is 66.4 cm³/mol. The van der Waals surface area contributed by atoms with Crippen molar-refractivity contribution in [1.29, 1.82) is 0 Å². The largest absolute Gasteiger partial charge is 0.319 e. The van der Waals surface area contributed by atoms with Gasteiger partial charge in [-0.1, -0.05) is 23.9 Å². The molecule has 0 saturated carbocycles. The molecule has 0 radical (unpaired) electrons. The molecule has 1 unspecified atom stereocenters. The van der Waals surface area contributed by atoms with Gasteiger partial charge in [0.05, 0.1) is 0 Å². The topological polar surface area (TPSA) is 12.0 Å². The van der Waals surface area contributed by atoms with Crippen molar-refractivity contribution in [2.45, 2.75) is 33.1 Å². The molecule has 1 aliphatic rings. The molecule has 2 heteroatoms. The third-order valence-electron chi connectivity index (χ3n) is 2.76. The summed E-state index contributed by atoms with van der Waals surface area (Å²) in [5, 5.41) is 3.28. The Labute approximate surface area is 92.0 Å². The Morgan fingerprint density at radius 2 is 2.36 bits per heavy atom. The number of thioether (sulfide) groups is 1. The maximum Gasteiger partial charge on any atom is 0.00141 e. The summed E-state index contributed by atoms with van der Waals surface area (Å²) in [5.74, 6) is 0.746. The van der Waals surface area contributed by atoms with E-state index >= 15 is 0 Å². The molecule has 0 spiro atoms. The smallest absolute Gasteiger partial charge is 0.00141 e. The first-order valence-corrected chi connectivity index (χ1v) is 6.14. The number of nitrogens with one attached hydrogen (secondary N) is 1. The first-order chi connectivity index (χ1) is 6.65. The maximum absolute atomic E-state index is 3.97. The Bertz CT molecular complexity index is 243. The quantitative estimate of drug-likeness (QED) is 0.763. The van der Waals surface area contributed by atoms with Crippen molar-refractivity contribution in [3.63, 3.8) is 0 Å². The highest BCUT2D eigenvalue weighted by Crippen LogP contribution is 2.38.